The third kappa shape index (κ3) is 13.6. The molecular formula is C16H33N. The van der Waals surface area contributed by atoms with Gasteiger partial charge >= 0.3 is 0 Å². The molecule has 0 heterocycles. The van der Waals surface area contributed by atoms with Crippen molar-refractivity contribution >= 4 is 0 Å². The highest BCUT2D eigenvalue weighted by Crippen LogP contribution is 2.12. The summed E-state index contributed by atoms with van der Waals surface area (Å²) in [5, 5.41) is 0. The molecule has 1 atom stereocenters. The summed E-state index contributed by atoms with van der Waals surface area (Å²) < 4.78 is 0. The van der Waals surface area contributed by atoms with E-state index >= 15 is 0 Å². The van der Waals surface area contributed by atoms with E-state index < -0.39 is 0 Å². The molecule has 17 heavy (non-hydrogen) atoms. The number of hydrogen-bond donors (Lipinski definition) is 1. The SMILES string of the molecule is C=CCC(N)CCCCCCCCCCCC. The van der Waals surface area contributed by atoms with Gasteiger partial charge in [0.2, 0.25) is 0 Å². The largest absolute Gasteiger partial charge is 0.327 e. The molecule has 0 fully saturated rings. The van der Waals surface area contributed by atoms with Gasteiger partial charge in [-0.3, -0.25) is 0 Å². The van der Waals surface area contributed by atoms with Crippen LogP contribution in [0.4, 0.5) is 0 Å². The summed E-state index contributed by atoms with van der Waals surface area (Å²) in [4.78, 5) is 0. The van der Waals surface area contributed by atoms with E-state index in [9.17, 15) is 0 Å². The minimum Gasteiger partial charge on any atom is -0.327 e. The average Bonchev–Trinajstić information content (AvgIpc) is 2.32. The summed E-state index contributed by atoms with van der Waals surface area (Å²) in [6.07, 6.45) is 18.1. The second-order valence-electron chi connectivity index (χ2n) is 5.26. The molecule has 0 saturated heterocycles. The molecule has 0 rings (SSSR count). The van der Waals surface area contributed by atoms with E-state index in [1.54, 1.807) is 0 Å². The lowest BCUT2D eigenvalue weighted by atomic mass is 10.0. The Morgan fingerprint density at radius 1 is 0.882 bits per heavy atom. The molecule has 0 aliphatic heterocycles. The Morgan fingerprint density at radius 2 is 1.35 bits per heavy atom. The number of unbranched alkanes of at least 4 members (excludes halogenated alkanes) is 9. The highest BCUT2D eigenvalue weighted by molar-refractivity contribution is 4.74. The molecule has 102 valence electrons. The Hall–Kier alpha value is -0.300. The summed E-state index contributed by atoms with van der Waals surface area (Å²) in [5.74, 6) is 0. The smallest absolute Gasteiger partial charge is 0.00733 e. The molecule has 0 radical (unpaired) electrons. The lowest BCUT2D eigenvalue weighted by Crippen LogP contribution is -2.18. The number of rotatable bonds is 13. The van der Waals surface area contributed by atoms with E-state index in [1.165, 1.54) is 70.6 Å². The van der Waals surface area contributed by atoms with Crippen molar-refractivity contribution in [3.8, 4) is 0 Å². The van der Waals surface area contributed by atoms with Crippen LogP contribution in [0.25, 0.3) is 0 Å². The van der Waals surface area contributed by atoms with E-state index in [4.69, 9.17) is 5.73 Å². The first-order valence-corrected chi connectivity index (χ1v) is 7.67. The fraction of sp³-hybridized carbons (Fsp3) is 0.875. The molecule has 1 heteroatoms. The van der Waals surface area contributed by atoms with Crippen LogP contribution in [0.2, 0.25) is 0 Å². The predicted octanol–water partition coefficient (Wildman–Crippen LogP) is 5.20. The minimum absolute atomic E-state index is 0.349. The second-order valence-corrected chi connectivity index (χ2v) is 5.26. The van der Waals surface area contributed by atoms with Gasteiger partial charge in [0.1, 0.15) is 0 Å². The van der Waals surface area contributed by atoms with E-state index in [-0.39, 0.29) is 0 Å². The van der Waals surface area contributed by atoms with Gasteiger partial charge in [0.05, 0.1) is 0 Å². The van der Waals surface area contributed by atoms with Crippen molar-refractivity contribution < 1.29 is 0 Å². The first-order valence-electron chi connectivity index (χ1n) is 7.67. The van der Waals surface area contributed by atoms with Crippen LogP contribution in [-0.4, -0.2) is 6.04 Å². The van der Waals surface area contributed by atoms with E-state index in [1.807, 2.05) is 6.08 Å². The van der Waals surface area contributed by atoms with Crippen molar-refractivity contribution in [3.63, 3.8) is 0 Å². The third-order valence-electron chi connectivity index (χ3n) is 3.40. The maximum atomic E-state index is 5.92. The van der Waals surface area contributed by atoms with Gasteiger partial charge in [-0.25, -0.2) is 0 Å². The molecule has 0 aliphatic rings. The molecule has 0 aromatic carbocycles. The Bertz CT molecular complexity index is 154. The topological polar surface area (TPSA) is 26.0 Å². The Kier molecular flexibility index (Phi) is 13.5. The first kappa shape index (κ1) is 16.7. The predicted molar refractivity (Wildman–Crippen MR) is 79.3 cm³/mol. The molecule has 0 aliphatic carbocycles. The van der Waals surface area contributed by atoms with Crippen LogP contribution in [0.15, 0.2) is 12.7 Å². The van der Waals surface area contributed by atoms with Crippen LogP contribution >= 0.6 is 0 Å². The van der Waals surface area contributed by atoms with Crippen molar-refractivity contribution in [1.82, 2.24) is 0 Å². The van der Waals surface area contributed by atoms with Crippen LogP contribution < -0.4 is 5.73 Å². The molecule has 0 bridgehead atoms. The monoisotopic (exact) mass is 239 g/mol. The maximum absolute atomic E-state index is 5.92. The summed E-state index contributed by atoms with van der Waals surface area (Å²) in [5.41, 5.74) is 5.92. The number of nitrogens with two attached hydrogens (primary N) is 1. The minimum atomic E-state index is 0.349. The quantitative estimate of drug-likeness (QED) is 0.347. The zero-order valence-corrected chi connectivity index (χ0v) is 11.9. The van der Waals surface area contributed by atoms with E-state index in [0.717, 1.165) is 6.42 Å². The van der Waals surface area contributed by atoms with Gasteiger partial charge in [0.25, 0.3) is 0 Å². The average molecular weight is 239 g/mol. The van der Waals surface area contributed by atoms with Crippen molar-refractivity contribution in [1.29, 1.82) is 0 Å². The molecule has 0 saturated carbocycles. The lowest BCUT2D eigenvalue weighted by molar-refractivity contribution is 0.523. The van der Waals surface area contributed by atoms with Crippen LogP contribution in [0.3, 0.4) is 0 Å². The molecule has 1 unspecified atom stereocenters. The Morgan fingerprint density at radius 3 is 1.82 bits per heavy atom. The molecule has 0 aromatic heterocycles. The van der Waals surface area contributed by atoms with Gasteiger partial charge < -0.3 is 5.73 Å². The zero-order valence-electron chi connectivity index (χ0n) is 11.9. The van der Waals surface area contributed by atoms with Crippen molar-refractivity contribution in [2.45, 2.75) is 90.0 Å². The third-order valence-corrected chi connectivity index (χ3v) is 3.40. The van der Waals surface area contributed by atoms with E-state index in [2.05, 4.69) is 13.5 Å². The second kappa shape index (κ2) is 13.8. The van der Waals surface area contributed by atoms with Gasteiger partial charge in [-0.2, -0.15) is 0 Å². The zero-order chi connectivity index (χ0) is 12.8. The van der Waals surface area contributed by atoms with Crippen LogP contribution in [0.5, 0.6) is 0 Å². The molecule has 2 N–H and O–H groups in total. The lowest BCUT2D eigenvalue weighted by Gasteiger charge is -2.08. The maximum Gasteiger partial charge on any atom is 0.00733 e. The first-order chi connectivity index (χ1) is 8.31. The molecule has 0 spiro atoms. The van der Waals surface area contributed by atoms with Crippen molar-refractivity contribution in [2.75, 3.05) is 0 Å². The normalized spacial score (nSPS) is 12.6. The number of hydrogen-bond acceptors (Lipinski definition) is 1. The van der Waals surface area contributed by atoms with E-state index in [0.29, 0.717) is 6.04 Å². The summed E-state index contributed by atoms with van der Waals surface area (Å²) >= 11 is 0. The van der Waals surface area contributed by atoms with Gasteiger partial charge in [-0.1, -0.05) is 77.2 Å². The standard InChI is InChI=1S/C16H33N/c1-3-5-6-7-8-9-10-11-12-13-15-16(17)14-4-2/h4,16H,2-3,5-15,17H2,1H3. The van der Waals surface area contributed by atoms with Crippen LogP contribution in [0.1, 0.15) is 84.0 Å². The van der Waals surface area contributed by atoms with Gasteiger partial charge in [0, 0.05) is 6.04 Å². The molecule has 0 aromatic rings. The van der Waals surface area contributed by atoms with Gasteiger partial charge in [0.15, 0.2) is 0 Å². The van der Waals surface area contributed by atoms with Crippen LogP contribution in [-0.2, 0) is 0 Å². The Balaban J connectivity index is 3.00. The summed E-state index contributed by atoms with van der Waals surface area (Å²) in [6.45, 7) is 5.99. The molecule has 0 amide bonds. The Labute approximate surface area is 109 Å². The van der Waals surface area contributed by atoms with Crippen LogP contribution in [0, 0.1) is 0 Å². The highest BCUT2D eigenvalue weighted by atomic mass is 14.6. The summed E-state index contributed by atoms with van der Waals surface area (Å²) in [6, 6.07) is 0.349. The fourth-order valence-electron chi connectivity index (χ4n) is 2.23. The molecular weight excluding hydrogens is 206 g/mol. The van der Waals surface area contributed by atoms with Gasteiger partial charge in [-0.15, -0.1) is 6.58 Å². The molecule has 1 nitrogen and oxygen atoms in total. The van der Waals surface area contributed by atoms with Crippen molar-refractivity contribution in [2.24, 2.45) is 5.73 Å². The summed E-state index contributed by atoms with van der Waals surface area (Å²) in [7, 11) is 0. The van der Waals surface area contributed by atoms with Gasteiger partial charge in [-0.05, 0) is 12.8 Å². The highest BCUT2D eigenvalue weighted by Gasteiger charge is 1.99. The van der Waals surface area contributed by atoms with Crippen molar-refractivity contribution in [3.05, 3.63) is 12.7 Å². The fourth-order valence-corrected chi connectivity index (χ4v) is 2.23.